The first kappa shape index (κ1) is 12.2. The van der Waals surface area contributed by atoms with Crippen molar-refractivity contribution >= 4 is 19.7 Å². The van der Waals surface area contributed by atoms with Gasteiger partial charge >= 0.3 is 0 Å². The second-order valence-corrected chi connectivity index (χ2v) is 5.18. The van der Waals surface area contributed by atoms with E-state index >= 15 is 0 Å². The lowest BCUT2D eigenvalue weighted by Crippen LogP contribution is -2.00. The molecule has 1 aromatic carbocycles. The van der Waals surface area contributed by atoms with E-state index in [1.165, 1.54) is 7.11 Å². The molecule has 0 aliphatic heterocycles. The van der Waals surface area contributed by atoms with E-state index in [1.807, 2.05) is 0 Å². The largest absolute Gasteiger partial charge is 0.467 e. The summed E-state index contributed by atoms with van der Waals surface area (Å²) < 4.78 is 44.3. The Bertz CT molecular complexity index is 446. The summed E-state index contributed by atoms with van der Waals surface area (Å²) in [6.07, 6.45) is 0. The second kappa shape index (κ2) is 4.78. The highest BCUT2D eigenvalue weighted by atomic mass is 35.7. The first-order valence-corrected chi connectivity index (χ1v) is 6.11. The van der Waals surface area contributed by atoms with Crippen LogP contribution in [0.4, 0.5) is 4.39 Å². The Morgan fingerprint density at radius 3 is 2.60 bits per heavy atom. The van der Waals surface area contributed by atoms with Crippen LogP contribution >= 0.6 is 10.7 Å². The smallest absolute Gasteiger partial charge is 0.261 e. The van der Waals surface area contributed by atoms with Crippen molar-refractivity contribution in [3.63, 3.8) is 0 Å². The van der Waals surface area contributed by atoms with E-state index in [9.17, 15) is 12.8 Å². The lowest BCUT2D eigenvalue weighted by molar-refractivity contribution is 0.0507. The van der Waals surface area contributed by atoms with Gasteiger partial charge in [-0.05, 0) is 6.07 Å². The molecule has 0 aliphatic rings. The summed E-state index contributed by atoms with van der Waals surface area (Å²) in [5.41, 5.74) is 0. The molecule has 0 fully saturated rings. The van der Waals surface area contributed by atoms with Crippen molar-refractivity contribution in [2.45, 2.75) is 4.90 Å². The normalized spacial score (nSPS) is 11.4. The first-order valence-electron chi connectivity index (χ1n) is 3.80. The van der Waals surface area contributed by atoms with Crippen molar-refractivity contribution in [2.75, 3.05) is 13.9 Å². The Morgan fingerprint density at radius 2 is 2.07 bits per heavy atom. The second-order valence-electron chi connectivity index (χ2n) is 2.61. The molecule has 0 amide bonds. The summed E-state index contributed by atoms with van der Waals surface area (Å²) in [6, 6.07) is 2.96. The van der Waals surface area contributed by atoms with Crippen LogP contribution in [-0.4, -0.2) is 22.3 Å². The van der Waals surface area contributed by atoms with Gasteiger partial charge in [-0.1, -0.05) is 0 Å². The number of halogens is 2. The molecule has 0 spiro atoms. The Kier molecular flexibility index (Phi) is 3.90. The van der Waals surface area contributed by atoms with Gasteiger partial charge in [-0.3, -0.25) is 0 Å². The van der Waals surface area contributed by atoms with Crippen LogP contribution in [0.5, 0.6) is 5.75 Å². The minimum absolute atomic E-state index is 0.0380. The van der Waals surface area contributed by atoms with Crippen LogP contribution in [0.3, 0.4) is 0 Å². The van der Waals surface area contributed by atoms with Crippen molar-refractivity contribution < 1.29 is 22.3 Å². The predicted octanol–water partition coefficient (Wildman–Crippen LogP) is 1.74. The molecule has 0 heterocycles. The molecule has 0 atom stereocenters. The van der Waals surface area contributed by atoms with Gasteiger partial charge in [-0.15, -0.1) is 0 Å². The summed E-state index contributed by atoms with van der Waals surface area (Å²) in [5, 5.41) is 0. The zero-order chi connectivity index (χ0) is 11.5. The highest BCUT2D eigenvalue weighted by molar-refractivity contribution is 8.13. The molecule has 0 N–H and O–H groups in total. The van der Waals surface area contributed by atoms with E-state index in [1.54, 1.807) is 0 Å². The number of benzene rings is 1. The minimum Gasteiger partial charge on any atom is -0.467 e. The molecule has 0 saturated carbocycles. The molecule has 0 aliphatic carbocycles. The van der Waals surface area contributed by atoms with Crippen molar-refractivity contribution in [3.05, 3.63) is 24.0 Å². The van der Waals surface area contributed by atoms with Crippen LogP contribution in [0, 0.1) is 5.82 Å². The molecule has 7 heteroatoms. The number of methoxy groups -OCH3 is 1. The fourth-order valence-electron chi connectivity index (χ4n) is 0.888. The van der Waals surface area contributed by atoms with Crippen LogP contribution in [-0.2, 0) is 13.8 Å². The van der Waals surface area contributed by atoms with E-state index in [0.29, 0.717) is 0 Å². The molecule has 1 aromatic rings. The highest BCUT2D eigenvalue weighted by Crippen LogP contribution is 2.22. The zero-order valence-corrected chi connectivity index (χ0v) is 9.31. The zero-order valence-electron chi connectivity index (χ0n) is 7.74. The molecule has 0 bridgehead atoms. The molecule has 0 unspecified atom stereocenters. The molecular formula is C8H8ClFO4S. The number of hydrogen-bond acceptors (Lipinski definition) is 4. The number of rotatable bonds is 4. The van der Waals surface area contributed by atoms with E-state index < -0.39 is 14.9 Å². The van der Waals surface area contributed by atoms with Gasteiger partial charge in [0, 0.05) is 29.9 Å². The summed E-state index contributed by atoms with van der Waals surface area (Å²) in [6.45, 7) is -0.106. The average molecular weight is 255 g/mol. The van der Waals surface area contributed by atoms with Gasteiger partial charge in [-0.2, -0.15) is 0 Å². The van der Waals surface area contributed by atoms with Crippen LogP contribution in [0.1, 0.15) is 0 Å². The Hall–Kier alpha value is -0.850. The SMILES string of the molecule is COCOc1cc(F)cc(S(=O)(=O)Cl)c1. The monoisotopic (exact) mass is 254 g/mol. The number of ether oxygens (including phenoxy) is 2. The van der Waals surface area contributed by atoms with Crippen LogP contribution in [0.15, 0.2) is 23.1 Å². The molecule has 1 rings (SSSR count). The predicted molar refractivity (Wildman–Crippen MR) is 51.9 cm³/mol. The topological polar surface area (TPSA) is 52.6 Å². The number of hydrogen-bond donors (Lipinski definition) is 0. The van der Waals surface area contributed by atoms with Crippen molar-refractivity contribution in [2.24, 2.45) is 0 Å². The standard InChI is InChI=1S/C8H8ClFO4S/c1-13-5-14-7-2-6(10)3-8(4-7)15(9,11)12/h2-4H,5H2,1H3. The molecule has 84 valence electrons. The Labute approximate surface area is 91.0 Å². The average Bonchev–Trinajstić information content (AvgIpc) is 2.12. The quantitative estimate of drug-likeness (QED) is 0.607. The lowest BCUT2D eigenvalue weighted by atomic mass is 10.3. The van der Waals surface area contributed by atoms with Gasteiger partial charge < -0.3 is 9.47 Å². The molecule has 0 radical (unpaired) electrons. The summed E-state index contributed by atoms with van der Waals surface area (Å²) in [7, 11) is 2.48. The highest BCUT2D eigenvalue weighted by Gasteiger charge is 2.13. The molecule has 0 aromatic heterocycles. The van der Waals surface area contributed by atoms with Gasteiger partial charge in [0.1, 0.15) is 11.6 Å². The summed E-state index contributed by atoms with van der Waals surface area (Å²) >= 11 is 0. The molecule has 0 saturated heterocycles. The maximum absolute atomic E-state index is 12.9. The van der Waals surface area contributed by atoms with Crippen LogP contribution in [0.25, 0.3) is 0 Å². The fraction of sp³-hybridized carbons (Fsp3) is 0.250. The van der Waals surface area contributed by atoms with Crippen molar-refractivity contribution in [3.8, 4) is 5.75 Å². The summed E-state index contributed by atoms with van der Waals surface area (Å²) in [5.74, 6) is -0.709. The van der Waals surface area contributed by atoms with E-state index in [0.717, 1.165) is 18.2 Å². The van der Waals surface area contributed by atoms with Gasteiger partial charge in [0.25, 0.3) is 9.05 Å². The third-order valence-corrected chi connectivity index (χ3v) is 2.80. The Morgan fingerprint density at radius 1 is 1.40 bits per heavy atom. The van der Waals surface area contributed by atoms with Crippen LogP contribution < -0.4 is 4.74 Å². The molecule has 4 nitrogen and oxygen atoms in total. The van der Waals surface area contributed by atoms with Gasteiger partial charge in [0.15, 0.2) is 6.79 Å². The fourth-order valence-corrected chi connectivity index (χ4v) is 1.67. The van der Waals surface area contributed by atoms with Gasteiger partial charge in [0.2, 0.25) is 0 Å². The van der Waals surface area contributed by atoms with E-state index in [-0.39, 0.29) is 17.4 Å². The minimum atomic E-state index is -3.96. The van der Waals surface area contributed by atoms with Crippen LogP contribution in [0.2, 0.25) is 0 Å². The van der Waals surface area contributed by atoms with E-state index in [2.05, 4.69) is 4.74 Å². The Balaban J connectivity index is 3.06. The van der Waals surface area contributed by atoms with Gasteiger partial charge in [-0.25, -0.2) is 12.8 Å². The maximum atomic E-state index is 12.9. The third kappa shape index (κ3) is 3.65. The summed E-state index contributed by atoms with van der Waals surface area (Å²) in [4.78, 5) is -0.352. The molecular weight excluding hydrogens is 247 g/mol. The maximum Gasteiger partial charge on any atom is 0.261 e. The van der Waals surface area contributed by atoms with Gasteiger partial charge in [0.05, 0.1) is 4.90 Å². The van der Waals surface area contributed by atoms with E-state index in [4.69, 9.17) is 15.4 Å². The third-order valence-electron chi connectivity index (χ3n) is 1.47. The van der Waals surface area contributed by atoms with Crippen molar-refractivity contribution in [1.29, 1.82) is 0 Å². The van der Waals surface area contributed by atoms with Crippen molar-refractivity contribution in [1.82, 2.24) is 0 Å². The lowest BCUT2D eigenvalue weighted by Gasteiger charge is -2.05. The molecule has 15 heavy (non-hydrogen) atoms. The first-order chi connectivity index (χ1) is 6.93.